The number of amides is 1. The van der Waals surface area contributed by atoms with Gasteiger partial charge in [-0.15, -0.1) is 10.2 Å². The lowest BCUT2D eigenvalue weighted by Crippen LogP contribution is -2.31. The van der Waals surface area contributed by atoms with Crippen LogP contribution < -0.4 is 5.32 Å². The number of benzene rings is 2. The lowest BCUT2D eigenvalue weighted by atomic mass is 10.2. The molecule has 1 heterocycles. The van der Waals surface area contributed by atoms with Gasteiger partial charge in [0.05, 0.1) is 5.02 Å². The number of thioether (sulfide) groups is 1. The first kappa shape index (κ1) is 23.7. The Kier molecular flexibility index (Phi) is 8.06. The van der Waals surface area contributed by atoms with E-state index in [-0.39, 0.29) is 15.5 Å². The number of aromatic nitrogens is 2. The van der Waals surface area contributed by atoms with Gasteiger partial charge >= 0.3 is 0 Å². The highest BCUT2D eigenvalue weighted by Crippen LogP contribution is 2.29. The van der Waals surface area contributed by atoms with Crippen LogP contribution in [0.15, 0.2) is 57.8 Å². The molecule has 0 aliphatic rings. The molecule has 0 fully saturated rings. The maximum atomic E-state index is 12.8. The van der Waals surface area contributed by atoms with E-state index in [1.54, 1.807) is 13.8 Å². The number of halogens is 1. The van der Waals surface area contributed by atoms with Gasteiger partial charge in [-0.2, -0.15) is 4.31 Å². The first-order valence-electron chi connectivity index (χ1n) is 9.46. The van der Waals surface area contributed by atoms with Crippen LogP contribution >= 0.6 is 34.7 Å². The number of anilines is 1. The Labute approximate surface area is 194 Å². The Bertz CT molecular complexity index is 1150. The fourth-order valence-corrected chi connectivity index (χ4v) is 6.41. The molecule has 3 aromatic rings. The molecule has 0 saturated carbocycles. The molecule has 0 radical (unpaired) electrons. The van der Waals surface area contributed by atoms with Crippen molar-refractivity contribution in [3.63, 3.8) is 0 Å². The average Bonchev–Trinajstić information content (AvgIpc) is 3.21. The molecule has 2 aromatic carbocycles. The third kappa shape index (κ3) is 5.83. The minimum absolute atomic E-state index is 0.0685. The van der Waals surface area contributed by atoms with E-state index in [2.05, 4.69) is 15.5 Å². The lowest BCUT2D eigenvalue weighted by Gasteiger charge is -2.19. The van der Waals surface area contributed by atoms with Gasteiger partial charge in [0.2, 0.25) is 15.2 Å². The minimum atomic E-state index is -3.80. The number of nitrogens with one attached hydrogen (secondary N) is 1. The van der Waals surface area contributed by atoms with Crippen LogP contribution in [-0.2, 0) is 15.8 Å². The summed E-state index contributed by atoms with van der Waals surface area (Å²) in [5, 5.41) is 11.2. The van der Waals surface area contributed by atoms with Crippen LogP contribution in [-0.4, -0.2) is 41.9 Å². The molecule has 0 saturated heterocycles. The first-order chi connectivity index (χ1) is 14.8. The van der Waals surface area contributed by atoms with Crippen molar-refractivity contribution in [2.75, 3.05) is 18.4 Å². The summed E-state index contributed by atoms with van der Waals surface area (Å²) in [6.45, 7) is 4.10. The summed E-state index contributed by atoms with van der Waals surface area (Å²) in [6.07, 6.45) is 0. The average molecular weight is 497 g/mol. The van der Waals surface area contributed by atoms with Crippen LogP contribution in [0, 0.1) is 0 Å². The van der Waals surface area contributed by atoms with Crippen LogP contribution in [0.3, 0.4) is 0 Å². The number of carbonyl (C=O) groups excluding carboxylic acids is 1. The van der Waals surface area contributed by atoms with Crippen molar-refractivity contribution in [3.8, 4) is 0 Å². The van der Waals surface area contributed by atoms with Crippen molar-refractivity contribution in [2.45, 2.75) is 28.8 Å². The summed E-state index contributed by atoms with van der Waals surface area (Å²) >= 11 is 8.91. The predicted molar refractivity (Wildman–Crippen MR) is 125 cm³/mol. The molecule has 0 unspecified atom stereocenters. The van der Waals surface area contributed by atoms with Crippen molar-refractivity contribution in [1.29, 1.82) is 0 Å². The number of rotatable bonds is 9. The SMILES string of the molecule is CCN(CC)S(=O)(=O)c1cc(C(=O)Nc2nnc(SCc3ccccc3)s2)ccc1Cl. The van der Waals surface area contributed by atoms with Crippen molar-refractivity contribution in [3.05, 3.63) is 64.7 Å². The molecule has 31 heavy (non-hydrogen) atoms. The summed E-state index contributed by atoms with van der Waals surface area (Å²) < 4.78 is 27.7. The van der Waals surface area contributed by atoms with Gasteiger partial charge in [0.25, 0.3) is 5.91 Å². The van der Waals surface area contributed by atoms with Crippen molar-refractivity contribution < 1.29 is 13.2 Å². The third-order valence-corrected chi connectivity index (χ3v) is 8.92. The van der Waals surface area contributed by atoms with E-state index in [4.69, 9.17) is 11.6 Å². The van der Waals surface area contributed by atoms with Gasteiger partial charge in [-0.3, -0.25) is 10.1 Å². The van der Waals surface area contributed by atoms with Crippen LogP contribution in [0.25, 0.3) is 0 Å². The van der Waals surface area contributed by atoms with E-state index in [9.17, 15) is 13.2 Å². The Hall–Kier alpha value is -1.98. The smallest absolute Gasteiger partial charge is 0.257 e. The number of nitrogens with zero attached hydrogens (tertiary/aromatic N) is 3. The molecule has 7 nitrogen and oxygen atoms in total. The molecule has 0 spiro atoms. The molecule has 3 rings (SSSR count). The number of hydrogen-bond acceptors (Lipinski definition) is 7. The lowest BCUT2D eigenvalue weighted by molar-refractivity contribution is 0.102. The predicted octanol–water partition coefficient (Wildman–Crippen LogP) is 4.77. The summed E-state index contributed by atoms with van der Waals surface area (Å²) in [5.41, 5.74) is 1.33. The maximum Gasteiger partial charge on any atom is 0.257 e. The first-order valence-corrected chi connectivity index (χ1v) is 13.1. The van der Waals surface area contributed by atoms with Gasteiger partial charge in [-0.1, -0.05) is 78.9 Å². The second-order valence-electron chi connectivity index (χ2n) is 6.34. The van der Waals surface area contributed by atoms with Crippen LogP contribution in [0.5, 0.6) is 0 Å². The second kappa shape index (κ2) is 10.6. The largest absolute Gasteiger partial charge is 0.296 e. The molecular formula is C20H21ClN4O3S3. The Morgan fingerprint density at radius 2 is 1.84 bits per heavy atom. The molecule has 1 amide bonds. The molecule has 1 N–H and O–H groups in total. The van der Waals surface area contributed by atoms with E-state index < -0.39 is 15.9 Å². The minimum Gasteiger partial charge on any atom is -0.296 e. The second-order valence-corrected chi connectivity index (χ2v) is 10.8. The van der Waals surface area contributed by atoms with Crippen molar-refractivity contribution in [1.82, 2.24) is 14.5 Å². The molecule has 0 aliphatic heterocycles. The number of carbonyl (C=O) groups is 1. The summed E-state index contributed by atoms with van der Waals surface area (Å²) in [6, 6.07) is 14.1. The van der Waals surface area contributed by atoms with E-state index in [1.165, 1.54) is 45.6 Å². The Morgan fingerprint density at radius 3 is 2.52 bits per heavy atom. The monoisotopic (exact) mass is 496 g/mol. The molecular weight excluding hydrogens is 476 g/mol. The highest BCUT2D eigenvalue weighted by Gasteiger charge is 2.25. The Morgan fingerprint density at radius 1 is 1.13 bits per heavy atom. The van der Waals surface area contributed by atoms with Gasteiger partial charge in [0, 0.05) is 24.4 Å². The zero-order valence-corrected chi connectivity index (χ0v) is 20.1. The van der Waals surface area contributed by atoms with Gasteiger partial charge in [-0.05, 0) is 23.8 Å². The normalized spacial score (nSPS) is 11.6. The van der Waals surface area contributed by atoms with E-state index in [0.29, 0.717) is 18.2 Å². The standard InChI is InChI=1S/C20H21ClN4O3S3/c1-3-25(4-2)31(27,28)17-12-15(10-11-16(17)21)18(26)22-19-23-24-20(30-19)29-13-14-8-6-5-7-9-14/h5-12H,3-4,13H2,1-2H3,(H,22,23,26). The molecule has 1 aromatic heterocycles. The van der Waals surface area contributed by atoms with Crippen LogP contribution in [0.4, 0.5) is 5.13 Å². The number of sulfonamides is 1. The van der Waals surface area contributed by atoms with Crippen molar-refractivity contribution >= 4 is 55.8 Å². The van der Waals surface area contributed by atoms with Gasteiger partial charge in [0.15, 0.2) is 4.34 Å². The van der Waals surface area contributed by atoms with Crippen LogP contribution in [0.1, 0.15) is 29.8 Å². The molecule has 0 bridgehead atoms. The maximum absolute atomic E-state index is 12.8. The third-order valence-electron chi connectivity index (χ3n) is 4.35. The quantitative estimate of drug-likeness (QED) is 0.339. The van der Waals surface area contributed by atoms with Crippen molar-refractivity contribution in [2.24, 2.45) is 0 Å². The van der Waals surface area contributed by atoms with E-state index in [1.807, 2.05) is 30.3 Å². The number of hydrogen-bond donors (Lipinski definition) is 1. The highest BCUT2D eigenvalue weighted by molar-refractivity contribution is 8.00. The molecule has 0 aliphatic carbocycles. The summed E-state index contributed by atoms with van der Waals surface area (Å²) in [7, 11) is -3.80. The summed E-state index contributed by atoms with van der Waals surface area (Å²) in [5.74, 6) is 0.260. The fraction of sp³-hybridized carbons (Fsp3) is 0.250. The van der Waals surface area contributed by atoms with Gasteiger partial charge in [0.1, 0.15) is 4.90 Å². The van der Waals surface area contributed by atoms with Gasteiger partial charge < -0.3 is 0 Å². The van der Waals surface area contributed by atoms with Gasteiger partial charge in [-0.25, -0.2) is 8.42 Å². The van der Waals surface area contributed by atoms with Crippen LogP contribution in [0.2, 0.25) is 5.02 Å². The zero-order valence-electron chi connectivity index (χ0n) is 16.9. The molecule has 0 atom stereocenters. The van der Waals surface area contributed by atoms with E-state index >= 15 is 0 Å². The highest BCUT2D eigenvalue weighted by atomic mass is 35.5. The molecule has 164 valence electrons. The summed E-state index contributed by atoms with van der Waals surface area (Å²) in [4.78, 5) is 12.6. The van der Waals surface area contributed by atoms with E-state index in [0.717, 1.165) is 15.7 Å². The molecule has 11 heteroatoms. The Balaban J connectivity index is 1.72. The zero-order chi connectivity index (χ0) is 22.4. The topological polar surface area (TPSA) is 92.3 Å². The fourth-order valence-electron chi connectivity index (χ4n) is 2.75.